The zero-order valence-electron chi connectivity index (χ0n) is 10.2. The van der Waals surface area contributed by atoms with Crippen LogP contribution < -0.4 is 10.6 Å². The van der Waals surface area contributed by atoms with E-state index in [2.05, 4.69) is 29.2 Å². The Labute approximate surface area is 102 Å². The van der Waals surface area contributed by atoms with E-state index in [1.165, 1.54) is 5.69 Å². The second-order valence-corrected chi connectivity index (χ2v) is 4.36. The molecule has 1 fully saturated rings. The van der Waals surface area contributed by atoms with E-state index in [1.807, 2.05) is 4.90 Å². The van der Waals surface area contributed by atoms with E-state index in [-0.39, 0.29) is 5.91 Å². The van der Waals surface area contributed by atoms with Gasteiger partial charge in [0.25, 0.3) is 0 Å². The Morgan fingerprint density at radius 2 is 1.76 bits per heavy atom. The fourth-order valence-electron chi connectivity index (χ4n) is 2.12. The predicted octanol–water partition coefficient (Wildman–Crippen LogP) is 0.814. The molecule has 17 heavy (non-hydrogen) atoms. The highest BCUT2D eigenvalue weighted by Gasteiger charge is 2.18. The molecule has 1 aliphatic rings. The molecule has 2 N–H and O–H groups in total. The lowest BCUT2D eigenvalue weighted by atomic mass is 10.2. The predicted molar refractivity (Wildman–Crippen MR) is 68.8 cm³/mol. The van der Waals surface area contributed by atoms with Crippen molar-refractivity contribution in [1.82, 2.24) is 4.90 Å². The first-order valence-corrected chi connectivity index (χ1v) is 6.00. The Morgan fingerprint density at radius 3 is 2.24 bits per heavy atom. The lowest BCUT2D eigenvalue weighted by Gasteiger charge is -2.35. The number of nitrogens with two attached hydrogens (primary N) is 1. The summed E-state index contributed by atoms with van der Waals surface area (Å²) in [5, 5.41) is 0. The van der Waals surface area contributed by atoms with Crippen LogP contribution in [-0.2, 0) is 11.3 Å². The summed E-state index contributed by atoms with van der Waals surface area (Å²) in [5.74, 6) is 0.170. The highest BCUT2D eigenvalue weighted by atomic mass is 16.2. The third kappa shape index (κ3) is 2.77. The van der Waals surface area contributed by atoms with Gasteiger partial charge in [-0.25, -0.2) is 0 Å². The molecule has 92 valence electrons. The molecule has 0 aliphatic carbocycles. The van der Waals surface area contributed by atoms with Crippen LogP contribution >= 0.6 is 0 Å². The fourth-order valence-corrected chi connectivity index (χ4v) is 2.12. The molecule has 0 atom stereocenters. The van der Waals surface area contributed by atoms with Crippen molar-refractivity contribution in [3.8, 4) is 0 Å². The van der Waals surface area contributed by atoms with Gasteiger partial charge in [0.2, 0.25) is 5.91 Å². The van der Waals surface area contributed by atoms with Gasteiger partial charge >= 0.3 is 0 Å². The van der Waals surface area contributed by atoms with E-state index in [0.717, 1.165) is 31.7 Å². The summed E-state index contributed by atoms with van der Waals surface area (Å²) in [6, 6.07) is 8.33. The second kappa shape index (κ2) is 5.19. The van der Waals surface area contributed by atoms with Crippen molar-refractivity contribution >= 4 is 11.6 Å². The Kier molecular flexibility index (Phi) is 3.64. The first-order chi connectivity index (χ1) is 8.20. The van der Waals surface area contributed by atoms with Crippen molar-refractivity contribution in [3.05, 3.63) is 29.8 Å². The topological polar surface area (TPSA) is 49.6 Å². The van der Waals surface area contributed by atoms with Crippen molar-refractivity contribution in [2.24, 2.45) is 5.73 Å². The average molecular weight is 233 g/mol. The van der Waals surface area contributed by atoms with Crippen molar-refractivity contribution in [3.63, 3.8) is 0 Å². The third-order valence-corrected chi connectivity index (χ3v) is 3.26. The maximum absolute atomic E-state index is 11.2. The van der Waals surface area contributed by atoms with Crippen LogP contribution in [0.1, 0.15) is 12.5 Å². The summed E-state index contributed by atoms with van der Waals surface area (Å²) in [6.07, 6.45) is 0. The molecule has 0 aromatic heterocycles. The van der Waals surface area contributed by atoms with E-state index < -0.39 is 0 Å². The monoisotopic (exact) mass is 233 g/mol. The molecule has 0 spiro atoms. The number of benzene rings is 1. The van der Waals surface area contributed by atoms with Crippen molar-refractivity contribution in [1.29, 1.82) is 0 Å². The molecule has 1 amide bonds. The lowest BCUT2D eigenvalue weighted by molar-refractivity contribution is -0.129. The van der Waals surface area contributed by atoms with Gasteiger partial charge in [0.05, 0.1) is 0 Å². The van der Waals surface area contributed by atoms with E-state index in [0.29, 0.717) is 6.54 Å². The number of nitrogens with zero attached hydrogens (tertiary/aromatic N) is 2. The van der Waals surface area contributed by atoms with Gasteiger partial charge in [0, 0.05) is 45.3 Å². The van der Waals surface area contributed by atoms with Crippen LogP contribution in [0.3, 0.4) is 0 Å². The van der Waals surface area contributed by atoms with Crippen LogP contribution in [0.25, 0.3) is 0 Å². The normalized spacial score (nSPS) is 16.1. The molecule has 1 heterocycles. The number of anilines is 1. The zero-order chi connectivity index (χ0) is 12.3. The lowest BCUT2D eigenvalue weighted by Crippen LogP contribution is -2.48. The van der Waals surface area contributed by atoms with Crippen molar-refractivity contribution in [2.75, 3.05) is 31.1 Å². The van der Waals surface area contributed by atoms with Gasteiger partial charge in [0.15, 0.2) is 0 Å². The van der Waals surface area contributed by atoms with Crippen molar-refractivity contribution < 1.29 is 4.79 Å². The van der Waals surface area contributed by atoms with Gasteiger partial charge in [-0.1, -0.05) is 12.1 Å². The Bertz CT molecular complexity index is 380. The Morgan fingerprint density at radius 1 is 1.18 bits per heavy atom. The maximum Gasteiger partial charge on any atom is 0.219 e. The largest absolute Gasteiger partial charge is 0.368 e. The third-order valence-electron chi connectivity index (χ3n) is 3.26. The van der Waals surface area contributed by atoms with E-state index in [4.69, 9.17) is 5.73 Å². The zero-order valence-corrected chi connectivity index (χ0v) is 10.2. The van der Waals surface area contributed by atoms with Gasteiger partial charge in [0.1, 0.15) is 0 Å². The molecule has 0 unspecified atom stereocenters. The van der Waals surface area contributed by atoms with Gasteiger partial charge in [-0.2, -0.15) is 0 Å². The van der Waals surface area contributed by atoms with Crippen LogP contribution in [0.2, 0.25) is 0 Å². The molecular weight excluding hydrogens is 214 g/mol. The number of carbonyl (C=O) groups is 1. The Balaban J connectivity index is 1.97. The summed E-state index contributed by atoms with van der Waals surface area (Å²) in [6.45, 7) is 5.65. The number of hydrogen-bond acceptors (Lipinski definition) is 3. The van der Waals surface area contributed by atoms with Gasteiger partial charge in [-0.05, 0) is 17.7 Å². The van der Waals surface area contributed by atoms with Gasteiger partial charge < -0.3 is 15.5 Å². The average Bonchev–Trinajstić information content (AvgIpc) is 2.39. The Hall–Kier alpha value is -1.55. The van der Waals surface area contributed by atoms with Crippen LogP contribution in [0.4, 0.5) is 5.69 Å². The summed E-state index contributed by atoms with van der Waals surface area (Å²) in [4.78, 5) is 15.4. The summed E-state index contributed by atoms with van der Waals surface area (Å²) >= 11 is 0. The van der Waals surface area contributed by atoms with Gasteiger partial charge in [-0.15, -0.1) is 0 Å². The minimum atomic E-state index is 0.170. The number of hydrogen-bond donors (Lipinski definition) is 1. The highest BCUT2D eigenvalue weighted by molar-refractivity contribution is 5.73. The minimum Gasteiger partial charge on any atom is -0.368 e. The van der Waals surface area contributed by atoms with Gasteiger partial charge in [-0.3, -0.25) is 4.79 Å². The fraction of sp³-hybridized carbons (Fsp3) is 0.462. The molecule has 0 bridgehead atoms. The SMILES string of the molecule is CC(=O)N1CCN(c2ccc(CN)cc2)CC1. The second-order valence-electron chi connectivity index (χ2n) is 4.36. The minimum absolute atomic E-state index is 0.170. The summed E-state index contributed by atoms with van der Waals surface area (Å²) < 4.78 is 0. The van der Waals surface area contributed by atoms with Crippen LogP contribution in [0, 0.1) is 0 Å². The quantitative estimate of drug-likeness (QED) is 0.822. The molecule has 0 saturated carbocycles. The standard InChI is InChI=1S/C13H19N3O/c1-11(17)15-6-8-16(9-7-15)13-4-2-12(10-14)3-5-13/h2-5H,6-10,14H2,1H3. The van der Waals surface area contributed by atoms with Crippen LogP contribution in [-0.4, -0.2) is 37.0 Å². The molecule has 1 aliphatic heterocycles. The molecular formula is C13H19N3O. The number of piperazine rings is 1. The van der Waals surface area contributed by atoms with E-state index >= 15 is 0 Å². The molecule has 2 rings (SSSR count). The molecule has 4 heteroatoms. The van der Waals surface area contributed by atoms with E-state index in [9.17, 15) is 4.79 Å². The molecule has 4 nitrogen and oxygen atoms in total. The number of rotatable bonds is 2. The maximum atomic E-state index is 11.2. The number of carbonyl (C=O) groups excluding carboxylic acids is 1. The summed E-state index contributed by atoms with van der Waals surface area (Å²) in [7, 11) is 0. The van der Waals surface area contributed by atoms with E-state index in [1.54, 1.807) is 6.92 Å². The van der Waals surface area contributed by atoms with Crippen LogP contribution in [0.5, 0.6) is 0 Å². The molecule has 1 aromatic carbocycles. The van der Waals surface area contributed by atoms with Crippen LogP contribution in [0.15, 0.2) is 24.3 Å². The number of amides is 1. The van der Waals surface area contributed by atoms with Crippen molar-refractivity contribution in [2.45, 2.75) is 13.5 Å². The first kappa shape index (κ1) is 11.9. The molecule has 0 radical (unpaired) electrons. The first-order valence-electron chi connectivity index (χ1n) is 6.00. The summed E-state index contributed by atoms with van der Waals surface area (Å²) in [5.41, 5.74) is 7.93. The molecule has 1 saturated heterocycles. The highest BCUT2D eigenvalue weighted by Crippen LogP contribution is 2.17. The molecule has 1 aromatic rings. The smallest absolute Gasteiger partial charge is 0.219 e.